The normalized spacial score (nSPS) is 12.6. The van der Waals surface area contributed by atoms with Crippen molar-refractivity contribution in [3.8, 4) is 0 Å². The second kappa shape index (κ2) is 7.76. The summed E-state index contributed by atoms with van der Waals surface area (Å²) in [5, 5.41) is 4.49. The minimum absolute atomic E-state index is 0.00259. The maximum absolute atomic E-state index is 11.7. The van der Waals surface area contributed by atoms with Crippen molar-refractivity contribution in [1.82, 2.24) is 10.4 Å². The first-order valence-electron chi connectivity index (χ1n) is 5.22. The predicted octanol–water partition coefficient (Wildman–Crippen LogP) is 1.17. The summed E-state index contributed by atoms with van der Waals surface area (Å²) in [5.41, 5.74) is 0. The van der Waals surface area contributed by atoms with Gasteiger partial charge in [0.1, 0.15) is 0 Å². The van der Waals surface area contributed by atoms with Gasteiger partial charge in [0, 0.05) is 7.05 Å². The van der Waals surface area contributed by atoms with E-state index in [2.05, 4.69) is 19.2 Å². The van der Waals surface area contributed by atoms with Crippen molar-refractivity contribution in [2.75, 3.05) is 20.7 Å². The number of carbonyl (C=O) groups is 1. The minimum atomic E-state index is -0.107. The molecule has 0 aliphatic heterocycles. The van der Waals surface area contributed by atoms with Crippen LogP contribution in [-0.2, 0) is 9.63 Å². The van der Waals surface area contributed by atoms with E-state index in [0.717, 1.165) is 25.8 Å². The largest absolute Gasteiger partial charge is 0.306 e. The van der Waals surface area contributed by atoms with Crippen LogP contribution in [0.4, 0.5) is 0 Å². The monoisotopic (exact) mass is 202 g/mol. The van der Waals surface area contributed by atoms with Crippen molar-refractivity contribution in [2.45, 2.75) is 39.2 Å². The van der Waals surface area contributed by atoms with Gasteiger partial charge >= 0.3 is 0 Å². The van der Waals surface area contributed by atoms with Crippen molar-refractivity contribution < 1.29 is 9.63 Å². The van der Waals surface area contributed by atoms with E-state index >= 15 is 0 Å². The van der Waals surface area contributed by atoms with Crippen LogP contribution in [0.25, 0.3) is 0 Å². The highest BCUT2D eigenvalue weighted by atomic mass is 16.7. The molecule has 0 aromatic heterocycles. The molecule has 0 bridgehead atoms. The molecule has 84 valence electrons. The number of hydrogen-bond acceptors (Lipinski definition) is 3. The Morgan fingerprint density at radius 1 is 1.43 bits per heavy atom. The fourth-order valence-electron chi connectivity index (χ4n) is 1.23. The zero-order valence-electron chi connectivity index (χ0n) is 9.67. The van der Waals surface area contributed by atoms with E-state index in [1.807, 2.05) is 0 Å². The molecule has 1 atom stereocenters. The second-order valence-corrected chi connectivity index (χ2v) is 3.31. The highest BCUT2D eigenvalue weighted by Gasteiger charge is 2.20. The number of rotatable bonds is 7. The van der Waals surface area contributed by atoms with Crippen LogP contribution in [0.3, 0.4) is 0 Å². The highest BCUT2D eigenvalue weighted by molar-refractivity contribution is 5.80. The van der Waals surface area contributed by atoms with E-state index in [4.69, 9.17) is 4.84 Å². The van der Waals surface area contributed by atoms with Crippen molar-refractivity contribution >= 4 is 5.91 Å². The zero-order chi connectivity index (χ0) is 11.0. The van der Waals surface area contributed by atoms with E-state index in [9.17, 15) is 4.79 Å². The van der Waals surface area contributed by atoms with E-state index in [0.29, 0.717) is 0 Å². The lowest BCUT2D eigenvalue weighted by molar-refractivity contribution is -0.171. The lowest BCUT2D eigenvalue weighted by Crippen LogP contribution is -2.44. The van der Waals surface area contributed by atoms with Gasteiger partial charge in [0.25, 0.3) is 5.91 Å². The van der Waals surface area contributed by atoms with Gasteiger partial charge in [-0.2, -0.15) is 0 Å². The average molecular weight is 202 g/mol. The third-order valence-electron chi connectivity index (χ3n) is 2.10. The van der Waals surface area contributed by atoms with Crippen LogP contribution in [0.5, 0.6) is 0 Å². The molecular formula is C10H22N2O2. The topological polar surface area (TPSA) is 41.6 Å². The minimum Gasteiger partial charge on any atom is -0.306 e. The summed E-state index contributed by atoms with van der Waals surface area (Å²) in [7, 11) is 3.14. The van der Waals surface area contributed by atoms with Gasteiger partial charge in [-0.05, 0) is 19.4 Å². The van der Waals surface area contributed by atoms with Gasteiger partial charge in [0.15, 0.2) is 0 Å². The average Bonchev–Trinajstić information content (AvgIpc) is 2.22. The summed E-state index contributed by atoms with van der Waals surface area (Å²) in [6, 6.07) is -0.107. The smallest absolute Gasteiger partial charge is 0.262 e. The SMILES string of the molecule is CCCNC(CCC)C(=O)N(C)OC. The Kier molecular flexibility index (Phi) is 7.42. The lowest BCUT2D eigenvalue weighted by atomic mass is 10.1. The highest BCUT2D eigenvalue weighted by Crippen LogP contribution is 2.01. The van der Waals surface area contributed by atoms with Crippen molar-refractivity contribution in [3.05, 3.63) is 0 Å². The van der Waals surface area contributed by atoms with Crippen LogP contribution < -0.4 is 5.32 Å². The lowest BCUT2D eigenvalue weighted by Gasteiger charge is -2.22. The van der Waals surface area contributed by atoms with Crippen LogP contribution in [0, 0.1) is 0 Å². The summed E-state index contributed by atoms with van der Waals surface area (Å²) in [6.45, 7) is 5.02. The van der Waals surface area contributed by atoms with Gasteiger partial charge < -0.3 is 5.32 Å². The molecule has 1 unspecified atom stereocenters. The molecule has 4 heteroatoms. The Morgan fingerprint density at radius 3 is 2.50 bits per heavy atom. The Balaban J connectivity index is 4.10. The van der Waals surface area contributed by atoms with E-state index in [1.54, 1.807) is 7.05 Å². The molecule has 0 radical (unpaired) electrons. The molecule has 1 N–H and O–H groups in total. The van der Waals surface area contributed by atoms with Gasteiger partial charge in [-0.25, -0.2) is 5.06 Å². The first kappa shape index (κ1) is 13.4. The maximum atomic E-state index is 11.7. The molecule has 0 aromatic rings. The first-order chi connectivity index (χ1) is 6.67. The maximum Gasteiger partial charge on any atom is 0.262 e. The number of nitrogens with one attached hydrogen (secondary N) is 1. The van der Waals surface area contributed by atoms with Crippen molar-refractivity contribution in [2.24, 2.45) is 0 Å². The van der Waals surface area contributed by atoms with Gasteiger partial charge in [-0.3, -0.25) is 9.63 Å². The molecule has 1 amide bonds. The van der Waals surface area contributed by atoms with E-state index in [1.165, 1.54) is 12.2 Å². The number of nitrogens with zero attached hydrogens (tertiary/aromatic N) is 1. The van der Waals surface area contributed by atoms with Crippen LogP contribution in [0.1, 0.15) is 33.1 Å². The molecular weight excluding hydrogens is 180 g/mol. The van der Waals surface area contributed by atoms with E-state index in [-0.39, 0.29) is 11.9 Å². The van der Waals surface area contributed by atoms with Crippen LogP contribution in [0.15, 0.2) is 0 Å². The summed E-state index contributed by atoms with van der Waals surface area (Å²) in [4.78, 5) is 16.6. The van der Waals surface area contributed by atoms with Gasteiger partial charge in [-0.15, -0.1) is 0 Å². The molecule has 0 saturated carbocycles. The van der Waals surface area contributed by atoms with Crippen LogP contribution in [-0.4, -0.2) is 37.7 Å². The molecule has 0 spiro atoms. The Morgan fingerprint density at radius 2 is 2.07 bits per heavy atom. The number of hydroxylamine groups is 2. The molecule has 0 saturated heterocycles. The Hall–Kier alpha value is -0.610. The second-order valence-electron chi connectivity index (χ2n) is 3.31. The van der Waals surface area contributed by atoms with Crippen molar-refractivity contribution in [3.63, 3.8) is 0 Å². The van der Waals surface area contributed by atoms with Crippen LogP contribution in [0.2, 0.25) is 0 Å². The number of hydrogen-bond donors (Lipinski definition) is 1. The third-order valence-corrected chi connectivity index (χ3v) is 2.10. The summed E-state index contributed by atoms with van der Waals surface area (Å²) >= 11 is 0. The quantitative estimate of drug-likeness (QED) is 0.630. The summed E-state index contributed by atoms with van der Waals surface area (Å²) < 4.78 is 0. The molecule has 0 heterocycles. The number of likely N-dealkylation sites (N-methyl/N-ethyl adjacent to an activating group) is 1. The fraction of sp³-hybridized carbons (Fsp3) is 0.900. The molecule has 14 heavy (non-hydrogen) atoms. The van der Waals surface area contributed by atoms with Gasteiger partial charge in [0.2, 0.25) is 0 Å². The fourth-order valence-corrected chi connectivity index (χ4v) is 1.23. The van der Waals surface area contributed by atoms with Gasteiger partial charge in [-0.1, -0.05) is 20.3 Å². The van der Waals surface area contributed by atoms with Crippen molar-refractivity contribution in [1.29, 1.82) is 0 Å². The molecule has 0 aliphatic rings. The Bertz CT molecular complexity index is 162. The zero-order valence-corrected chi connectivity index (χ0v) is 9.67. The Labute approximate surface area is 86.6 Å². The molecule has 0 aromatic carbocycles. The number of amides is 1. The van der Waals surface area contributed by atoms with E-state index < -0.39 is 0 Å². The standard InChI is InChI=1S/C10H22N2O2/c1-5-7-9(11-8-6-2)10(13)12(3)14-4/h9,11H,5-8H2,1-4H3. The molecule has 4 nitrogen and oxygen atoms in total. The first-order valence-corrected chi connectivity index (χ1v) is 5.22. The number of carbonyl (C=O) groups excluding carboxylic acids is 1. The van der Waals surface area contributed by atoms with Crippen LogP contribution >= 0.6 is 0 Å². The summed E-state index contributed by atoms with van der Waals surface area (Å²) in [5.74, 6) is 0.00259. The summed E-state index contributed by atoms with van der Waals surface area (Å²) in [6.07, 6.45) is 2.88. The predicted molar refractivity (Wildman–Crippen MR) is 56.8 cm³/mol. The molecule has 0 aliphatic carbocycles. The third kappa shape index (κ3) is 4.58. The molecule has 0 fully saturated rings. The molecule has 0 rings (SSSR count). The van der Waals surface area contributed by atoms with Gasteiger partial charge in [0.05, 0.1) is 13.2 Å².